The Hall–Kier alpha value is -0.690. The standard InChI is InChI=1S/C8H12FNO/c9-8-3-1-2-7(4-8)5-10-6-11/h7-8H,1-5H2. The van der Waals surface area contributed by atoms with Crippen molar-refractivity contribution in [3.8, 4) is 0 Å². The summed E-state index contributed by atoms with van der Waals surface area (Å²) in [6.45, 7) is 0.462. The predicted octanol–water partition coefficient (Wildman–Crippen LogP) is 1.85. The Kier molecular flexibility index (Phi) is 3.24. The van der Waals surface area contributed by atoms with E-state index < -0.39 is 6.17 Å². The predicted molar refractivity (Wildman–Crippen MR) is 39.8 cm³/mol. The highest BCUT2D eigenvalue weighted by Crippen LogP contribution is 2.26. The Bertz CT molecular complexity index is 165. The van der Waals surface area contributed by atoms with Crippen LogP contribution in [0.2, 0.25) is 0 Å². The molecule has 0 spiro atoms. The lowest BCUT2D eigenvalue weighted by atomic mass is 9.88. The molecule has 1 aliphatic carbocycles. The van der Waals surface area contributed by atoms with Crippen LogP contribution in [0, 0.1) is 5.92 Å². The Morgan fingerprint density at radius 3 is 3.00 bits per heavy atom. The Morgan fingerprint density at radius 1 is 1.55 bits per heavy atom. The molecule has 0 aromatic rings. The molecule has 0 N–H and O–H groups in total. The maximum atomic E-state index is 12.7. The summed E-state index contributed by atoms with van der Waals surface area (Å²) < 4.78 is 12.7. The van der Waals surface area contributed by atoms with E-state index in [2.05, 4.69) is 4.99 Å². The SMILES string of the molecule is O=C=NCC1CCCC(F)C1. The summed E-state index contributed by atoms with van der Waals surface area (Å²) in [6.07, 6.45) is 4.00. The van der Waals surface area contributed by atoms with E-state index >= 15 is 0 Å². The minimum atomic E-state index is -0.671. The van der Waals surface area contributed by atoms with Crippen molar-refractivity contribution in [2.45, 2.75) is 31.9 Å². The van der Waals surface area contributed by atoms with Gasteiger partial charge in [0.15, 0.2) is 0 Å². The summed E-state index contributed by atoms with van der Waals surface area (Å²) in [5, 5.41) is 0. The second-order valence-electron chi connectivity index (χ2n) is 3.06. The van der Waals surface area contributed by atoms with Gasteiger partial charge in [-0.25, -0.2) is 14.2 Å². The lowest BCUT2D eigenvalue weighted by Crippen LogP contribution is -2.18. The van der Waals surface area contributed by atoms with Crippen molar-refractivity contribution in [2.75, 3.05) is 6.54 Å². The topological polar surface area (TPSA) is 29.4 Å². The van der Waals surface area contributed by atoms with E-state index in [9.17, 15) is 9.18 Å². The fraction of sp³-hybridized carbons (Fsp3) is 0.875. The summed E-state index contributed by atoms with van der Waals surface area (Å²) in [6, 6.07) is 0. The fourth-order valence-electron chi connectivity index (χ4n) is 1.56. The zero-order valence-corrected chi connectivity index (χ0v) is 6.42. The molecule has 62 valence electrons. The van der Waals surface area contributed by atoms with Crippen LogP contribution in [0.15, 0.2) is 4.99 Å². The number of hydrogen-bond donors (Lipinski definition) is 0. The summed E-state index contributed by atoms with van der Waals surface area (Å²) in [7, 11) is 0. The summed E-state index contributed by atoms with van der Waals surface area (Å²) in [5.74, 6) is 0.278. The van der Waals surface area contributed by atoms with E-state index in [1.807, 2.05) is 0 Å². The average molecular weight is 157 g/mol. The summed E-state index contributed by atoms with van der Waals surface area (Å²) >= 11 is 0. The molecule has 1 rings (SSSR count). The molecule has 11 heavy (non-hydrogen) atoms. The molecule has 2 nitrogen and oxygen atoms in total. The zero-order valence-electron chi connectivity index (χ0n) is 6.42. The number of rotatable bonds is 2. The van der Waals surface area contributed by atoms with Crippen LogP contribution in [-0.4, -0.2) is 18.8 Å². The van der Waals surface area contributed by atoms with Crippen molar-refractivity contribution >= 4 is 6.08 Å². The van der Waals surface area contributed by atoms with Crippen LogP contribution in [0.5, 0.6) is 0 Å². The van der Waals surface area contributed by atoms with Gasteiger partial charge >= 0.3 is 0 Å². The van der Waals surface area contributed by atoms with Crippen LogP contribution in [0.4, 0.5) is 4.39 Å². The number of isocyanates is 1. The second-order valence-corrected chi connectivity index (χ2v) is 3.06. The van der Waals surface area contributed by atoms with Gasteiger partial charge in [0.2, 0.25) is 6.08 Å². The van der Waals surface area contributed by atoms with Crippen LogP contribution >= 0.6 is 0 Å². The molecular formula is C8H12FNO. The first kappa shape index (κ1) is 8.41. The van der Waals surface area contributed by atoms with Gasteiger partial charge in [-0.15, -0.1) is 0 Å². The lowest BCUT2D eigenvalue weighted by molar-refractivity contribution is 0.202. The van der Waals surface area contributed by atoms with Gasteiger partial charge in [-0.3, -0.25) is 0 Å². The smallest absolute Gasteiger partial charge is 0.234 e. The largest absolute Gasteiger partial charge is 0.247 e. The van der Waals surface area contributed by atoms with Crippen molar-refractivity contribution in [1.29, 1.82) is 0 Å². The van der Waals surface area contributed by atoms with Crippen molar-refractivity contribution in [2.24, 2.45) is 10.9 Å². The van der Waals surface area contributed by atoms with Gasteiger partial charge in [0.05, 0.1) is 6.54 Å². The van der Waals surface area contributed by atoms with E-state index in [4.69, 9.17) is 0 Å². The van der Waals surface area contributed by atoms with Gasteiger partial charge in [0.1, 0.15) is 6.17 Å². The van der Waals surface area contributed by atoms with Gasteiger partial charge in [0, 0.05) is 0 Å². The third-order valence-electron chi connectivity index (χ3n) is 2.13. The number of nitrogens with zero attached hydrogens (tertiary/aromatic N) is 1. The van der Waals surface area contributed by atoms with Gasteiger partial charge in [0.25, 0.3) is 0 Å². The molecule has 0 radical (unpaired) electrons. The number of hydrogen-bond acceptors (Lipinski definition) is 2. The Labute approximate surface area is 65.5 Å². The van der Waals surface area contributed by atoms with Gasteiger partial charge in [-0.1, -0.05) is 6.42 Å². The quantitative estimate of drug-likeness (QED) is 0.444. The highest BCUT2D eigenvalue weighted by Gasteiger charge is 2.20. The molecule has 0 amide bonds. The second kappa shape index (κ2) is 4.24. The summed E-state index contributed by atoms with van der Waals surface area (Å²) in [4.78, 5) is 13.2. The van der Waals surface area contributed by atoms with Crippen LogP contribution in [0.25, 0.3) is 0 Å². The molecule has 0 aromatic carbocycles. The van der Waals surface area contributed by atoms with E-state index in [0.717, 1.165) is 12.8 Å². The molecule has 0 bridgehead atoms. The first-order valence-electron chi connectivity index (χ1n) is 4.00. The molecule has 0 aliphatic heterocycles. The van der Waals surface area contributed by atoms with Gasteiger partial charge < -0.3 is 0 Å². The first-order valence-corrected chi connectivity index (χ1v) is 4.00. The molecular weight excluding hydrogens is 145 g/mol. The third-order valence-corrected chi connectivity index (χ3v) is 2.13. The average Bonchev–Trinajstić information content (AvgIpc) is 2.01. The normalized spacial score (nSPS) is 31.0. The van der Waals surface area contributed by atoms with Crippen molar-refractivity contribution < 1.29 is 9.18 Å². The van der Waals surface area contributed by atoms with E-state index in [1.165, 1.54) is 6.08 Å². The molecule has 0 saturated heterocycles. The molecule has 1 saturated carbocycles. The maximum Gasteiger partial charge on any atom is 0.234 e. The highest BCUT2D eigenvalue weighted by molar-refractivity contribution is 5.32. The van der Waals surface area contributed by atoms with Gasteiger partial charge in [-0.2, -0.15) is 0 Å². The molecule has 1 fully saturated rings. The van der Waals surface area contributed by atoms with Crippen LogP contribution in [-0.2, 0) is 4.79 Å². The number of halogens is 1. The van der Waals surface area contributed by atoms with Crippen molar-refractivity contribution in [3.63, 3.8) is 0 Å². The van der Waals surface area contributed by atoms with E-state index in [-0.39, 0.29) is 5.92 Å². The first-order chi connectivity index (χ1) is 5.33. The van der Waals surface area contributed by atoms with Crippen molar-refractivity contribution in [1.82, 2.24) is 0 Å². The molecule has 2 unspecified atom stereocenters. The minimum Gasteiger partial charge on any atom is -0.247 e. The molecule has 3 heteroatoms. The van der Waals surface area contributed by atoms with Crippen molar-refractivity contribution in [3.05, 3.63) is 0 Å². The van der Waals surface area contributed by atoms with E-state index in [1.54, 1.807) is 0 Å². The van der Waals surface area contributed by atoms with Crippen LogP contribution in [0.3, 0.4) is 0 Å². The molecule has 0 heterocycles. The highest BCUT2D eigenvalue weighted by atomic mass is 19.1. The fourth-order valence-corrected chi connectivity index (χ4v) is 1.56. The maximum absolute atomic E-state index is 12.7. The lowest BCUT2D eigenvalue weighted by Gasteiger charge is -2.22. The molecule has 0 aromatic heterocycles. The third kappa shape index (κ3) is 2.81. The minimum absolute atomic E-state index is 0.278. The van der Waals surface area contributed by atoms with Crippen LogP contribution in [0.1, 0.15) is 25.7 Å². The number of aliphatic imine (C=N–C) groups is 1. The Morgan fingerprint density at radius 2 is 2.36 bits per heavy atom. The molecule has 1 aliphatic rings. The number of alkyl halides is 1. The molecule has 2 atom stereocenters. The zero-order chi connectivity index (χ0) is 8.10. The summed E-state index contributed by atoms with van der Waals surface area (Å²) in [5.41, 5.74) is 0. The van der Waals surface area contributed by atoms with Crippen LogP contribution < -0.4 is 0 Å². The van der Waals surface area contributed by atoms with E-state index in [0.29, 0.717) is 19.4 Å². The monoisotopic (exact) mass is 157 g/mol. The number of carbonyl (C=O) groups excluding carboxylic acids is 1. The Balaban J connectivity index is 2.27. The van der Waals surface area contributed by atoms with Gasteiger partial charge in [-0.05, 0) is 25.2 Å².